The molecular formula is C31H40F3GeN5O4S. The Balaban J connectivity index is 1.39. The van der Waals surface area contributed by atoms with Gasteiger partial charge >= 0.3 is 186 Å². The van der Waals surface area contributed by atoms with Crippen LogP contribution >= 0.6 is 0 Å². The number of anilines is 1. The molecule has 1 atom stereocenters. The van der Waals surface area contributed by atoms with Crippen molar-refractivity contribution in [3.63, 3.8) is 0 Å². The molecule has 0 radical (unpaired) electrons. The number of carbonyl (C=O) groups excluding carboxylic acids is 1. The molecular weight excluding hydrogens is 668 g/mol. The first-order valence-electron chi connectivity index (χ1n) is 15.0. The molecule has 1 N–H and O–H groups in total. The number of nitrogens with one attached hydrogen (secondary N) is 1. The molecule has 1 saturated heterocycles. The number of hydrogen-bond donors (Lipinski definition) is 1. The number of hydrogen-bond acceptors (Lipinski definition) is 7. The summed E-state index contributed by atoms with van der Waals surface area (Å²) < 4.78 is 76.6. The van der Waals surface area contributed by atoms with Gasteiger partial charge in [-0.15, -0.1) is 5.10 Å². The Labute approximate surface area is 265 Å². The Hall–Kier alpha value is -3.07. The van der Waals surface area contributed by atoms with Crippen LogP contribution in [0, 0.1) is 11.3 Å². The summed E-state index contributed by atoms with van der Waals surface area (Å²) in [6, 6.07) is 11.3. The van der Waals surface area contributed by atoms with E-state index in [-0.39, 0.29) is 47.7 Å². The van der Waals surface area contributed by atoms with Crippen LogP contribution in [0.25, 0.3) is 5.82 Å². The summed E-state index contributed by atoms with van der Waals surface area (Å²) >= 11 is -2.16. The second-order valence-electron chi connectivity index (χ2n) is 14.0. The minimum absolute atomic E-state index is 0.000542. The van der Waals surface area contributed by atoms with Crippen molar-refractivity contribution in [2.24, 2.45) is 11.3 Å². The zero-order chi connectivity index (χ0) is 33.0. The topological polar surface area (TPSA) is 106 Å². The van der Waals surface area contributed by atoms with Gasteiger partial charge < -0.3 is 4.74 Å². The van der Waals surface area contributed by atoms with Crippen LogP contribution in [0.5, 0.6) is 5.88 Å². The number of nitrogens with zero attached hydrogens (tertiary/aromatic N) is 4. The Bertz CT molecular complexity index is 1680. The minimum atomic E-state index is -4.25. The first-order valence-corrected chi connectivity index (χ1v) is 23.9. The van der Waals surface area contributed by atoms with E-state index in [4.69, 9.17) is 9.72 Å². The van der Waals surface area contributed by atoms with Gasteiger partial charge in [0.25, 0.3) is 0 Å². The number of ether oxygens (including phenoxy) is 1. The first-order chi connectivity index (χ1) is 20.8. The van der Waals surface area contributed by atoms with E-state index in [1.165, 1.54) is 28.9 Å². The monoisotopic (exact) mass is 709 g/mol. The van der Waals surface area contributed by atoms with Gasteiger partial charge in [0.15, 0.2) is 0 Å². The third kappa shape index (κ3) is 7.03. The number of carbonyl (C=O) groups is 1. The second kappa shape index (κ2) is 11.6. The van der Waals surface area contributed by atoms with Crippen molar-refractivity contribution >= 4 is 39.4 Å². The fourth-order valence-corrected chi connectivity index (χ4v) is 9.38. The number of aromatic nitrogens is 3. The van der Waals surface area contributed by atoms with E-state index in [0.717, 1.165) is 10.8 Å². The maximum atomic E-state index is 13.6. The molecule has 1 aliphatic carbocycles. The average Bonchev–Trinajstić information content (AvgIpc) is 3.50. The average molecular weight is 708 g/mol. The zero-order valence-electron chi connectivity index (χ0n) is 26.4. The predicted molar refractivity (Wildman–Crippen MR) is 168 cm³/mol. The van der Waals surface area contributed by atoms with Crippen LogP contribution in [0.15, 0.2) is 53.6 Å². The van der Waals surface area contributed by atoms with Gasteiger partial charge in [0.2, 0.25) is 5.88 Å². The van der Waals surface area contributed by atoms with Gasteiger partial charge in [0.1, 0.15) is 0 Å². The molecule has 2 aliphatic rings. The Morgan fingerprint density at radius 1 is 1.09 bits per heavy atom. The number of benzene rings is 1. The summed E-state index contributed by atoms with van der Waals surface area (Å²) in [7, 11) is -4.16. The fraction of sp³-hybridized carbons (Fsp3) is 0.516. The molecule has 1 saturated carbocycles. The van der Waals surface area contributed by atoms with Gasteiger partial charge in [-0.25, -0.2) is 0 Å². The molecule has 2 fully saturated rings. The molecule has 0 spiro atoms. The van der Waals surface area contributed by atoms with Gasteiger partial charge in [-0.05, 0) is 19.3 Å². The summed E-state index contributed by atoms with van der Waals surface area (Å²) in [5, 5.41) is 4.34. The molecule has 14 heteroatoms. The molecule has 3 heterocycles. The van der Waals surface area contributed by atoms with Crippen LogP contribution < -0.4 is 18.8 Å². The van der Waals surface area contributed by atoms with Crippen LogP contribution in [0.3, 0.4) is 0 Å². The molecule has 3 aromatic rings. The quantitative estimate of drug-likeness (QED) is 0.271. The van der Waals surface area contributed by atoms with E-state index < -0.39 is 40.8 Å². The number of alkyl halides is 3. The molecule has 45 heavy (non-hydrogen) atoms. The summed E-state index contributed by atoms with van der Waals surface area (Å²) in [6.07, 6.45) is -1.75. The maximum absolute atomic E-state index is 13.6. The van der Waals surface area contributed by atoms with E-state index in [0.29, 0.717) is 24.1 Å². The third-order valence-corrected chi connectivity index (χ3v) is 14.5. The summed E-state index contributed by atoms with van der Waals surface area (Å²) in [4.78, 5) is 20.4. The number of rotatable bonds is 10. The van der Waals surface area contributed by atoms with Crippen molar-refractivity contribution in [3.8, 4) is 11.7 Å². The Morgan fingerprint density at radius 3 is 2.31 bits per heavy atom. The van der Waals surface area contributed by atoms with E-state index in [1.807, 2.05) is 30.9 Å². The van der Waals surface area contributed by atoms with Crippen molar-refractivity contribution in [2.75, 3.05) is 18.1 Å². The number of pyridine rings is 1. The number of halogens is 3. The molecule has 9 nitrogen and oxygen atoms in total. The fourth-order valence-electron chi connectivity index (χ4n) is 5.97. The van der Waals surface area contributed by atoms with Crippen molar-refractivity contribution in [1.29, 1.82) is 0 Å². The predicted octanol–water partition coefficient (Wildman–Crippen LogP) is 5.67. The molecule has 1 aliphatic heterocycles. The van der Waals surface area contributed by atoms with E-state index >= 15 is 0 Å². The molecule has 0 unspecified atom stereocenters. The molecule has 5 rings (SSSR count). The van der Waals surface area contributed by atoms with Crippen LogP contribution in [-0.4, -0.2) is 67.2 Å². The van der Waals surface area contributed by atoms with Gasteiger partial charge in [-0.2, -0.15) is 13.2 Å². The summed E-state index contributed by atoms with van der Waals surface area (Å²) in [5.74, 6) is 6.93. The zero-order valence-corrected chi connectivity index (χ0v) is 29.3. The van der Waals surface area contributed by atoms with Crippen LogP contribution in [0.4, 0.5) is 19.0 Å². The normalized spacial score (nSPS) is 19.4. The molecule has 244 valence electrons. The van der Waals surface area contributed by atoms with Gasteiger partial charge in [0, 0.05) is 12.3 Å². The van der Waals surface area contributed by atoms with Crippen molar-refractivity contribution in [1.82, 2.24) is 19.5 Å². The van der Waals surface area contributed by atoms with Crippen molar-refractivity contribution < 1.29 is 31.1 Å². The Kier molecular flexibility index (Phi) is 8.60. The standard InChI is InChI=1S/C31H40F3GeN5O4S/c1-21-19-29(2,3)39(20-21)27-24(28(41)38-45(42,43)23-9-7-22(8-10-23)35(4,5)6)11-12-25(36-27)40-17-13-26(37-40)44-18-16-30(14-15-30)31(32,33)34/h7-13,17,21H,14-16,18-20H2,1-6H3,(H,38,41)/t21-/m0/s1. The Morgan fingerprint density at radius 2 is 1.76 bits per heavy atom. The SMILES string of the molecule is C[C@@H]1CN(c2nc(-n3ccc(OCCC4(C(F)(F)F)CC4)n3)ccc2C(=O)NS(=O)(=O)c2cc[c]([Ge]([CH3])([CH3])[CH3])cc2)C(C)(C)C1. The first kappa shape index (κ1) is 33.3. The second-order valence-corrected chi connectivity index (χ2v) is 26.3. The van der Waals surface area contributed by atoms with E-state index in [1.54, 1.807) is 12.3 Å². The van der Waals surface area contributed by atoms with Gasteiger partial charge in [-0.3, -0.25) is 0 Å². The molecule has 1 aromatic carbocycles. The molecule has 0 bridgehead atoms. The number of amides is 1. The van der Waals surface area contributed by atoms with Crippen molar-refractivity contribution in [3.05, 3.63) is 54.2 Å². The van der Waals surface area contributed by atoms with Gasteiger partial charge in [0.05, 0.1) is 12.0 Å². The third-order valence-electron chi connectivity index (χ3n) is 8.78. The van der Waals surface area contributed by atoms with Crippen LogP contribution in [0.1, 0.15) is 56.8 Å². The van der Waals surface area contributed by atoms with Gasteiger partial charge in [-0.1, -0.05) is 6.92 Å². The number of sulfonamides is 1. The van der Waals surface area contributed by atoms with Crippen LogP contribution in [-0.2, 0) is 10.0 Å². The summed E-state index contributed by atoms with van der Waals surface area (Å²) in [5.41, 5.74) is -1.94. The van der Waals surface area contributed by atoms with E-state index in [9.17, 15) is 26.4 Å². The van der Waals surface area contributed by atoms with Crippen molar-refractivity contribution in [2.45, 2.75) is 80.3 Å². The van der Waals surface area contributed by atoms with Crippen LogP contribution in [0.2, 0.25) is 17.3 Å². The molecule has 1 amide bonds. The summed E-state index contributed by atoms with van der Waals surface area (Å²) in [6.45, 7) is 6.66. The molecule has 2 aromatic heterocycles. The van der Waals surface area contributed by atoms with E-state index in [2.05, 4.69) is 34.0 Å².